The van der Waals surface area contributed by atoms with Gasteiger partial charge in [-0.1, -0.05) is 24.0 Å². The summed E-state index contributed by atoms with van der Waals surface area (Å²) in [6, 6.07) is 6.81. The number of carbonyl (C=O) groups excluding carboxylic acids is 1. The van der Waals surface area contributed by atoms with Crippen LogP contribution in [-0.2, 0) is 4.79 Å². The van der Waals surface area contributed by atoms with Gasteiger partial charge in [0.2, 0.25) is 5.78 Å². The van der Waals surface area contributed by atoms with Crippen LogP contribution in [0.2, 0.25) is 0 Å². The highest BCUT2D eigenvalue weighted by Crippen LogP contribution is 2.11. The maximum absolute atomic E-state index is 10.6. The molecule has 1 aromatic carbocycles. The van der Waals surface area contributed by atoms with E-state index in [4.69, 9.17) is 6.42 Å². The average Bonchev–Trinajstić information content (AvgIpc) is 2.26. The minimum Gasteiger partial charge on any atom is -0.376 e. The Labute approximate surface area is 88.9 Å². The van der Waals surface area contributed by atoms with Gasteiger partial charge in [-0.25, -0.2) is 0 Å². The Bertz CT molecular complexity index is 452. The lowest BCUT2D eigenvalue weighted by molar-refractivity contribution is -0.111. The van der Waals surface area contributed by atoms with Crippen molar-refractivity contribution in [3.8, 4) is 24.2 Å². The minimum absolute atomic E-state index is 0.178. The molecule has 15 heavy (non-hydrogen) atoms. The summed E-state index contributed by atoms with van der Waals surface area (Å²) in [6.07, 6.45) is 4.18. The molecule has 0 bridgehead atoms. The van der Waals surface area contributed by atoms with Gasteiger partial charge in [0.15, 0.2) is 0 Å². The van der Waals surface area contributed by atoms with E-state index in [1.807, 2.05) is 0 Å². The van der Waals surface area contributed by atoms with E-state index >= 15 is 0 Å². The Kier molecular flexibility index (Phi) is 3.68. The van der Waals surface area contributed by atoms with Crippen molar-refractivity contribution in [1.29, 1.82) is 0 Å². The lowest BCUT2D eigenvalue weighted by atomic mass is 10.1. The first kappa shape index (κ1) is 11.0. The summed E-state index contributed by atoms with van der Waals surface area (Å²) in [5.41, 5.74) is 1.36. The highest BCUT2D eigenvalue weighted by Gasteiger charge is 2.01. The van der Waals surface area contributed by atoms with Crippen molar-refractivity contribution in [3.05, 3.63) is 35.4 Å². The highest BCUT2D eigenvalue weighted by atomic mass is 16.3. The van der Waals surface area contributed by atoms with Gasteiger partial charge in [0.05, 0.1) is 0 Å². The fourth-order valence-electron chi connectivity index (χ4n) is 1.01. The van der Waals surface area contributed by atoms with Gasteiger partial charge in [-0.15, -0.1) is 6.42 Å². The summed E-state index contributed by atoms with van der Waals surface area (Å²) in [5, 5.41) is 9.31. The standard InChI is InChI=1S/C13H10O2/c1-3-13(15)12-8-6-11(7-9-12)5-4-10(2)14/h1,6-9,13,15H,2H3. The van der Waals surface area contributed by atoms with Crippen LogP contribution in [0.15, 0.2) is 24.3 Å². The third-order valence-electron chi connectivity index (χ3n) is 1.77. The normalized spacial score (nSPS) is 10.7. The topological polar surface area (TPSA) is 37.3 Å². The van der Waals surface area contributed by atoms with Crippen LogP contribution in [0.4, 0.5) is 0 Å². The molecule has 0 aromatic heterocycles. The maximum atomic E-state index is 10.6. The van der Waals surface area contributed by atoms with E-state index < -0.39 is 6.10 Å². The Hall–Kier alpha value is -2.03. The van der Waals surface area contributed by atoms with Crippen molar-refractivity contribution >= 4 is 5.78 Å². The van der Waals surface area contributed by atoms with E-state index in [0.29, 0.717) is 5.56 Å². The summed E-state index contributed by atoms with van der Waals surface area (Å²) in [7, 11) is 0. The first-order valence-electron chi connectivity index (χ1n) is 4.40. The van der Waals surface area contributed by atoms with Crippen molar-refractivity contribution in [2.45, 2.75) is 13.0 Å². The first-order valence-corrected chi connectivity index (χ1v) is 4.40. The molecule has 0 aliphatic rings. The van der Waals surface area contributed by atoms with Crippen LogP contribution in [0, 0.1) is 24.2 Å². The summed E-state index contributed by atoms with van der Waals surface area (Å²) in [6.45, 7) is 1.41. The Morgan fingerprint density at radius 1 is 1.40 bits per heavy atom. The molecule has 0 amide bonds. The number of carbonyl (C=O) groups is 1. The first-order chi connectivity index (χ1) is 7.13. The molecule has 0 saturated heterocycles. The molecule has 74 valence electrons. The number of hydrogen-bond donors (Lipinski definition) is 1. The molecule has 1 atom stereocenters. The van der Waals surface area contributed by atoms with Crippen LogP contribution < -0.4 is 0 Å². The summed E-state index contributed by atoms with van der Waals surface area (Å²) < 4.78 is 0. The largest absolute Gasteiger partial charge is 0.376 e. The maximum Gasteiger partial charge on any atom is 0.202 e. The Morgan fingerprint density at radius 2 is 2.00 bits per heavy atom. The number of Topliss-reactive ketones (excluding diaryl/α,β-unsaturated/α-hetero) is 1. The number of aliphatic hydroxyl groups excluding tert-OH is 1. The zero-order chi connectivity index (χ0) is 11.3. The number of ketones is 1. The molecule has 0 fully saturated rings. The lowest BCUT2D eigenvalue weighted by Gasteiger charge is -2.02. The van der Waals surface area contributed by atoms with E-state index in [1.54, 1.807) is 24.3 Å². The van der Waals surface area contributed by atoms with Crippen LogP contribution in [0.3, 0.4) is 0 Å². The van der Waals surface area contributed by atoms with Crippen molar-refractivity contribution in [2.75, 3.05) is 0 Å². The molecule has 0 radical (unpaired) electrons. The third-order valence-corrected chi connectivity index (χ3v) is 1.77. The number of rotatable bonds is 1. The van der Waals surface area contributed by atoms with Crippen LogP contribution in [0.1, 0.15) is 24.2 Å². The molecule has 1 N–H and O–H groups in total. The molecule has 1 rings (SSSR count). The third kappa shape index (κ3) is 3.31. The fraction of sp³-hybridized carbons (Fsp3) is 0.154. The zero-order valence-corrected chi connectivity index (χ0v) is 8.32. The second-order valence-electron chi connectivity index (χ2n) is 3.00. The van der Waals surface area contributed by atoms with E-state index in [1.165, 1.54) is 6.92 Å². The molecule has 0 saturated carbocycles. The minimum atomic E-state index is -0.889. The molecule has 0 heterocycles. The molecule has 1 aromatic rings. The van der Waals surface area contributed by atoms with Crippen molar-refractivity contribution in [2.24, 2.45) is 0 Å². The summed E-state index contributed by atoms with van der Waals surface area (Å²) in [5.74, 6) is 7.17. The molecule has 0 aliphatic heterocycles. The predicted octanol–water partition coefficient (Wildman–Crippen LogP) is 1.29. The highest BCUT2D eigenvalue weighted by molar-refractivity contribution is 5.93. The van der Waals surface area contributed by atoms with Gasteiger partial charge in [0.1, 0.15) is 6.10 Å². The molecular weight excluding hydrogens is 188 g/mol. The Balaban J connectivity index is 2.88. The lowest BCUT2D eigenvalue weighted by Crippen LogP contribution is -1.92. The van der Waals surface area contributed by atoms with Crippen molar-refractivity contribution < 1.29 is 9.90 Å². The quantitative estimate of drug-likeness (QED) is 0.690. The Morgan fingerprint density at radius 3 is 2.47 bits per heavy atom. The monoisotopic (exact) mass is 198 g/mol. The molecule has 0 spiro atoms. The van der Waals surface area contributed by atoms with Crippen LogP contribution in [0.25, 0.3) is 0 Å². The summed E-state index contributed by atoms with van der Waals surface area (Å²) in [4.78, 5) is 10.6. The van der Waals surface area contributed by atoms with Crippen LogP contribution in [-0.4, -0.2) is 10.9 Å². The fourth-order valence-corrected chi connectivity index (χ4v) is 1.01. The van der Waals surface area contributed by atoms with Gasteiger partial charge in [-0.2, -0.15) is 0 Å². The van der Waals surface area contributed by atoms with Gasteiger partial charge < -0.3 is 5.11 Å². The van der Waals surface area contributed by atoms with Crippen LogP contribution >= 0.6 is 0 Å². The second-order valence-corrected chi connectivity index (χ2v) is 3.00. The molecular formula is C13H10O2. The number of hydrogen-bond acceptors (Lipinski definition) is 2. The van der Waals surface area contributed by atoms with Crippen LogP contribution in [0.5, 0.6) is 0 Å². The number of aliphatic hydroxyl groups is 1. The molecule has 2 nitrogen and oxygen atoms in total. The average molecular weight is 198 g/mol. The van der Waals surface area contributed by atoms with Gasteiger partial charge in [-0.3, -0.25) is 4.79 Å². The van der Waals surface area contributed by atoms with Crippen molar-refractivity contribution in [1.82, 2.24) is 0 Å². The van der Waals surface area contributed by atoms with E-state index in [9.17, 15) is 9.90 Å². The summed E-state index contributed by atoms with van der Waals surface area (Å²) >= 11 is 0. The zero-order valence-electron chi connectivity index (χ0n) is 8.32. The number of benzene rings is 1. The van der Waals surface area contributed by atoms with E-state index in [-0.39, 0.29) is 5.78 Å². The SMILES string of the molecule is C#CC(O)c1ccc(C#CC(C)=O)cc1. The van der Waals surface area contributed by atoms with E-state index in [0.717, 1.165) is 5.56 Å². The van der Waals surface area contributed by atoms with Gasteiger partial charge in [-0.05, 0) is 23.6 Å². The number of terminal acetylenes is 1. The van der Waals surface area contributed by atoms with E-state index in [2.05, 4.69) is 17.8 Å². The molecule has 0 aliphatic carbocycles. The molecule has 1 unspecified atom stereocenters. The van der Waals surface area contributed by atoms with Gasteiger partial charge in [0.25, 0.3) is 0 Å². The second kappa shape index (κ2) is 5.00. The van der Waals surface area contributed by atoms with Gasteiger partial charge in [0, 0.05) is 12.5 Å². The van der Waals surface area contributed by atoms with Crippen molar-refractivity contribution in [3.63, 3.8) is 0 Å². The smallest absolute Gasteiger partial charge is 0.202 e. The predicted molar refractivity (Wildman–Crippen MR) is 57.8 cm³/mol. The van der Waals surface area contributed by atoms with Gasteiger partial charge >= 0.3 is 0 Å². The molecule has 2 heteroatoms.